The van der Waals surface area contributed by atoms with Gasteiger partial charge in [-0.25, -0.2) is 4.39 Å². The highest BCUT2D eigenvalue weighted by Gasteiger charge is 2.12. The maximum atomic E-state index is 13.7. The van der Waals surface area contributed by atoms with Crippen molar-refractivity contribution in [1.29, 1.82) is 0 Å². The van der Waals surface area contributed by atoms with Gasteiger partial charge in [0.2, 0.25) is 0 Å². The van der Waals surface area contributed by atoms with Crippen molar-refractivity contribution in [3.05, 3.63) is 89.7 Å². The number of halogens is 1. The molecule has 0 aliphatic rings. The van der Waals surface area contributed by atoms with E-state index in [2.05, 4.69) is 10.6 Å². The highest BCUT2D eigenvalue weighted by Crippen LogP contribution is 2.18. The van der Waals surface area contributed by atoms with Crippen LogP contribution in [0.2, 0.25) is 0 Å². The predicted octanol–water partition coefficient (Wildman–Crippen LogP) is 4.40. The minimum absolute atomic E-state index is 0.0864. The van der Waals surface area contributed by atoms with Crippen LogP contribution in [0, 0.1) is 5.82 Å². The molecule has 2 amide bonds. The number of hydrogen-bond donors (Lipinski definition) is 2. The van der Waals surface area contributed by atoms with Crippen molar-refractivity contribution < 1.29 is 14.0 Å². The second-order valence-electron chi connectivity index (χ2n) is 6.41. The quantitative estimate of drug-likeness (QED) is 0.693. The summed E-state index contributed by atoms with van der Waals surface area (Å²) in [6.45, 7) is 0. The van der Waals surface area contributed by atoms with Crippen LogP contribution in [0.1, 0.15) is 20.7 Å². The lowest BCUT2D eigenvalue weighted by molar-refractivity contribution is 0.102. The highest BCUT2D eigenvalue weighted by molar-refractivity contribution is 6.08. The molecule has 0 saturated heterocycles. The van der Waals surface area contributed by atoms with E-state index in [1.807, 2.05) is 43.3 Å². The van der Waals surface area contributed by atoms with Crippen molar-refractivity contribution >= 4 is 28.9 Å². The van der Waals surface area contributed by atoms with Gasteiger partial charge in [-0.15, -0.1) is 0 Å². The van der Waals surface area contributed by atoms with Crippen LogP contribution >= 0.6 is 0 Å². The van der Waals surface area contributed by atoms with Crippen molar-refractivity contribution in [2.75, 3.05) is 29.6 Å². The van der Waals surface area contributed by atoms with Gasteiger partial charge in [-0.05, 0) is 54.6 Å². The third kappa shape index (κ3) is 4.54. The third-order valence-electron chi connectivity index (χ3n) is 4.15. The first-order valence-corrected chi connectivity index (χ1v) is 8.69. The number of carbonyl (C=O) groups excluding carboxylic acids is 2. The molecule has 5 nitrogen and oxygen atoms in total. The van der Waals surface area contributed by atoms with E-state index in [-0.39, 0.29) is 17.2 Å². The second-order valence-corrected chi connectivity index (χ2v) is 6.41. The molecule has 0 unspecified atom stereocenters. The number of carbonyl (C=O) groups is 2. The third-order valence-corrected chi connectivity index (χ3v) is 4.15. The molecule has 0 fully saturated rings. The van der Waals surface area contributed by atoms with Gasteiger partial charge in [-0.2, -0.15) is 0 Å². The first-order valence-electron chi connectivity index (χ1n) is 8.69. The fourth-order valence-corrected chi connectivity index (χ4v) is 2.60. The van der Waals surface area contributed by atoms with E-state index in [4.69, 9.17) is 0 Å². The van der Waals surface area contributed by atoms with E-state index >= 15 is 0 Å². The lowest BCUT2D eigenvalue weighted by Gasteiger charge is -2.13. The maximum absolute atomic E-state index is 13.7. The summed E-state index contributed by atoms with van der Waals surface area (Å²) in [5.41, 5.74) is 2.35. The number of nitrogens with zero attached hydrogens (tertiary/aromatic N) is 1. The zero-order valence-electron chi connectivity index (χ0n) is 15.6. The van der Waals surface area contributed by atoms with Crippen LogP contribution in [-0.2, 0) is 0 Å². The van der Waals surface area contributed by atoms with Gasteiger partial charge in [0.15, 0.2) is 0 Å². The summed E-state index contributed by atoms with van der Waals surface area (Å²) in [7, 11) is 3.87. The fraction of sp³-hybridized carbons (Fsp3) is 0.0909. The molecule has 0 aliphatic heterocycles. The van der Waals surface area contributed by atoms with E-state index < -0.39 is 11.7 Å². The summed E-state index contributed by atoms with van der Waals surface area (Å²) in [5, 5.41) is 5.31. The van der Waals surface area contributed by atoms with Gasteiger partial charge in [0.25, 0.3) is 11.8 Å². The molecule has 0 spiro atoms. The smallest absolute Gasteiger partial charge is 0.255 e. The minimum Gasteiger partial charge on any atom is -0.378 e. The summed E-state index contributed by atoms with van der Waals surface area (Å²) >= 11 is 0. The van der Waals surface area contributed by atoms with Crippen LogP contribution in [0.3, 0.4) is 0 Å². The van der Waals surface area contributed by atoms with Gasteiger partial charge in [0.05, 0.1) is 5.69 Å². The van der Waals surface area contributed by atoms with Crippen molar-refractivity contribution in [3.8, 4) is 0 Å². The topological polar surface area (TPSA) is 61.4 Å². The Kier molecular flexibility index (Phi) is 5.69. The van der Waals surface area contributed by atoms with E-state index in [0.717, 1.165) is 5.69 Å². The molecule has 0 radical (unpaired) electrons. The van der Waals surface area contributed by atoms with Gasteiger partial charge >= 0.3 is 0 Å². The van der Waals surface area contributed by atoms with Crippen LogP contribution in [0.5, 0.6) is 0 Å². The van der Waals surface area contributed by atoms with Crippen LogP contribution in [0.4, 0.5) is 21.5 Å². The number of nitrogens with one attached hydrogen (secondary N) is 2. The molecule has 142 valence electrons. The summed E-state index contributed by atoms with van der Waals surface area (Å²) in [6, 6.07) is 19.6. The van der Waals surface area contributed by atoms with Crippen LogP contribution in [-0.4, -0.2) is 25.9 Å². The summed E-state index contributed by atoms with van der Waals surface area (Å²) in [4.78, 5) is 26.9. The van der Waals surface area contributed by atoms with Crippen molar-refractivity contribution in [2.24, 2.45) is 0 Å². The predicted molar refractivity (Wildman–Crippen MR) is 110 cm³/mol. The fourth-order valence-electron chi connectivity index (χ4n) is 2.60. The molecule has 2 N–H and O–H groups in total. The lowest BCUT2D eigenvalue weighted by Crippen LogP contribution is -2.16. The van der Waals surface area contributed by atoms with Crippen molar-refractivity contribution in [3.63, 3.8) is 0 Å². The first-order chi connectivity index (χ1) is 13.4. The molecule has 0 atom stereocenters. The van der Waals surface area contributed by atoms with Crippen molar-refractivity contribution in [1.82, 2.24) is 0 Å². The average Bonchev–Trinajstić information content (AvgIpc) is 2.70. The number of rotatable bonds is 5. The second kappa shape index (κ2) is 8.35. The van der Waals surface area contributed by atoms with Crippen LogP contribution < -0.4 is 15.5 Å². The Bertz CT molecular complexity index is 1000. The molecule has 0 bridgehead atoms. The minimum atomic E-state index is -0.522. The molecule has 3 rings (SSSR count). The van der Waals surface area contributed by atoms with Gasteiger partial charge in [0.1, 0.15) is 5.82 Å². The molecule has 0 aromatic heterocycles. The molecule has 0 aliphatic carbocycles. The lowest BCUT2D eigenvalue weighted by atomic mass is 10.1. The average molecular weight is 377 g/mol. The molecular formula is C22H20FN3O2. The van der Waals surface area contributed by atoms with E-state index in [0.29, 0.717) is 11.3 Å². The monoisotopic (exact) mass is 377 g/mol. The molecule has 3 aromatic rings. The van der Waals surface area contributed by atoms with Gasteiger partial charge < -0.3 is 15.5 Å². The molecule has 3 aromatic carbocycles. The van der Waals surface area contributed by atoms with E-state index in [1.165, 1.54) is 18.2 Å². The van der Waals surface area contributed by atoms with E-state index in [1.54, 1.807) is 30.3 Å². The van der Waals surface area contributed by atoms with E-state index in [9.17, 15) is 14.0 Å². The van der Waals surface area contributed by atoms with Gasteiger partial charge in [-0.3, -0.25) is 9.59 Å². The summed E-state index contributed by atoms with van der Waals surface area (Å²) in [6.07, 6.45) is 0. The normalized spacial score (nSPS) is 10.2. The standard InChI is InChI=1S/C22H20FN3O2/c1-26(2)18-12-10-17(11-13-18)24-21(27)15-6-5-7-16(14-15)22(28)25-20-9-4-3-8-19(20)23/h3-14H,1-2H3,(H,24,27)(H,25,28). The highest BCUT2D eigenvalue weighted by atomic mass is 19.1. The zero-order chi connectivity index (χ0) is 20.1. The molecule has 0 saturated carbocycles. The Morgan fingerprint density at radius 3 is 2.00 bits per heavy atom. The number of anilines is 3. The van der Waals surface area contributed by atoms with Crippen LogP contribution in [0.25, 0.3) is 0 Å². The number of hydrogen-bond acceptors (Lipinski definition) is 3. The Hall–Kier alpha value is -3.67. The van der Waals surface area contributed by atoms with Crippen molar-refractivity contribution in [2.45, 2.75) is 0 Å². The Morgan fingerprint density at radius 2 is 1.39 bits per heavy atom. The van der Waals surface area contributed by atoms with Crippen LogP contribution in [0.15, 0.2) is 72.8 Å². The largest absolute Gasteiger partial charge is 0.378 e. The summed E-state index contributed by atoms with van der Waals surface area (Å²) < 4.78 is 13.7. The molecule has 0 heterocycles. The maximum Gasteiger partial charge on any atom is 0.255 e. The number of benzene rings is 3. The molecular weight excluding hydrogens is 357 g/mol. The van der Waals surface area contributed by atoms with Gasteiger partial charge in [0, 0.05) is 36.6 Å². The molecule has 28 heavy (non-hydrogen) atoms. The SMILES string of the molecule is CN(C)c1ccc(NC(=O)c2cccc(C(=O)Nc3ccccc3F)c2)cc1. The first kappa shape index (κ1) is 19.1. The summed E-state index contributed by atoms with van der Waals surface area (Å²) in [5.74, 6) is -1.35. The zero-order valence-corrected chi connectivity index (χ0v) is 15.6. The molecule has 6 heteroatoms. The van der Waals surface area contributed by atoms with Gasteiger partial charge in [-0.1, -0.05) is 18.2 Å². The Morgan fingerprint density at radius 1 is 0.786 bits per heavy atom. The number of para-hydroxylation sites is 1. The Labute approximate surface area is 162 Å². The number of amides is 2. The Balaban J connectivity index is 1.72.